The molecule has 0 aromatic heterocycles. The molecule has 0 radical (unpaired) electrons. The van der Waals surface area contributed by atoms with Gasteiger partial charge in [0.2, 0.25) is 0 Å². The highest BCUT2D eigenvalue weighted by molar-refractivity contribution is 6.01. The van der Waals surface area contributed by atoms with E-state index in [1.807, 2.05) is 30.3 Å². The van der Waals surface area contributed by atoms with E-state index in [0.717, 1.165) is 11.6 Å². The number of carbonyl (C=O) groups excluding carboxylic acids is 1. The third kappa shape index (κ3) is 5.06. The van der Waals surface area contributed by atoms with Crippen molar-refractivity contribution >= 4 is 17.7 Å². The molecule has 138 valence electrons. The Morgan fingerprint density at radius 2 is 1.93 bits per heavy atom. The van der Waals surface area contributed by atoms with E-state index in [1.54, 1.807) is 13.0 Å². The van der Waals surface area contributed by atoms with Crippen LogP contribution in [0.1, 0.15) is 18.1 Å². The van der Waals surface area contributed by atoms with Crippen LogP contribution >= 0.6 is 0 Å². The number of hydrogen-bond donors (Lipinski definition) is 1. The number of amides is 1. The van der Waals surface area contributed by atoms with Crippen molar-refractivity contribution in [2.24, 2.45) is 5.73 Å². The molecule has 8 heteroatoms. The maximum Gasteiger partial charge on any atom is 0.280 e. The van der Waals surface area contributed by atoms with Crippen molar-refractivity contribution in [1.82, 2.24) is 0 Å². The van der Waals surface area contributed by atoms with Gasteiger partial charge in [0.15, 0.2) is 11.5 Å². The zero-order chi connectivity index (χ0) is 19.8. The fourth-order valence-corrected chi connectivity index (χ4v) is 2.27. The van der Waals surface area contributed by atoms with Crippen molar-refractivity contribution in [3.8, 4) is 17.6 Å². The van der Waals surface area contributed by atoms with Gasteiger partial charge in [0.1, 0.15) is 18.2 Å². The quantitative estimate of drug-likeness (QED) is 0.330. The Morgan fingerprint density at radius 1 is 1.26 bits per heavy atom. The molecule has 1 amide bonds. The molecular formula is C19H17N3O5. The van der Waals surface area contributed by atoms with E-state index in [4.69, 9.17) is 20.5 Å². The standard InChI is InChI=1S/C19H17N3O5/c1-2-26-17-9-14(8-15(11-20)19(21)23)16(22(24)25)10-18(17)27-12-13-6-4-3-5-7-13/h3-10H,2,12H2,1H3,(H2,21,23)/b15-8+. The first-order valence-corrected chi connectivity index (χ1v) is 7.99. The Labute approximate surface area is 155 Å². The van der Waals surface area contributed by atoms with Crippen LogP contribution in [0, 0.1) is 21.4 Å². The highest BCUT2D eigenvalue weighted by Crippen LogP contribution is 2.36. The van der Waals surface area contributed by atoms with Gasteiger partial charge in [-0.2, -0.15) is 5.26 Å². The summed E-state index contributed by atoms with van der Waals surface area (Å²) in [6, 6.07) is 13.5. The summed E-state index contributed by atoms with van der Waals surface area (Å²) < 4.78 is 11.2. The summed E-state index contributed by atoms with van der Waals surface area (Å²) >= 11 is 0. The Kier molecular flexibility index (Phi) is 6.49. The molecule has 2 N–H and O–H groups in total. The lowest BCUT2D eigenvalue weighted by Gasteiger charge is -2.13. The highest BCUT2D eigenvalue weighted by Gasteiger charge is 2.20. The number of carbonyl (C=O) groups is 1. The van der Waals surface area contributed by atoms with Crippen molar-refractivity contribution in [2.75, 3.05) is 6.61 Å². The minimum absolute atomic E-state index is 0.0193. The molecule has 0 aliphatic carbocycles. The normalized spacial score (nSPS) is 10.7. The van der Waals surface area contributed by atoms with Gasteiger partial charge in [-0.25, -0.2) is 0 Å². The molecule has 0 atom stereocenters. The van der Waals surface area contributed by atoms with Crippen LogP contribution in [0.15, 0.2) is 48.0 Å². The second-order valence-electron chi connectivity index (χ2n) is 5.36. The monoisotopic (exact) mass is 367 g/mol. The van der Waals surface area contributed by atoms with Crippen molar-refractivity contribution in [3.05, 3.63) is 69.3 Å². The van der Waals surface area contributed by atoms with E-state index in [-0.39, 0.29) is 29.4 Å². The molecule has 0 heterocycles. The van der Waals surface area contributed by atoms with Crippen LogP contribution in [0.5, 0.6) is 11.5 Å². The molecule has 0 aliphatic rings. The molecular weight excluding hydrogens is 350 g/mol. The molecule has 0 saturated carbocycles. The predicted molar refractivity (Wildman–Crippen MR) is 97.8 cm³/mol. The largest absolute Gasteiger partial charge is 0.490 e. The van der Waals surface area contributed by atoms with Gasteiger partial charge in [0, 0.05) is 0 Å². The van der Waals surface area contributed by atoms with E-state index >= 15 is 0 Å². The molecule has 0 spiro atoms. The van der Waals surface area contributed by atoms with Crippen molar-refractivity contribution in [3.63, 3.8) is 0 Å². The fraction of sp³-hybridized carbons (Fsp3) is 0.158. The maximum absolute atomic E-state index is 11.4. The van der Waals surface area contributed by atoms with E-state index in [2.05, 4.69) is 0 Å². The van der Waals surface area contributed by atoms with E-state index in [0.29, 0.717) is 6.61 Å². The smallest absolute Gasteiger partial charge is 0.280 e. The number of nitro benzene ring substituents is 1. The van der Waals surface area contributed by atoms with E-state index < -0.39 is 16.4 Å². The second kappa shape index (κ2) is 9.01. The Hall–Kier alpha value is -3.86. The Bertz CT molecular complexity index is 917. The molecule has 8 nitrogen and oxygen atoms in total. The summed E-state index contributed by atoms with van der Waals surface area (Å²) in [6.07, 6.45) is 1.06. The lowest BCUT2D eigenvalue weighted by molar-refractivity contribution is -0.385. The van der Waals surface area contributed by atoms with E-state index in [1.165, 1.54) is 12.1 Å². The third-order valence-corrected chi connectivity index (χ3v) is 3.51. The van der Waals surface area contributed by atoms with Crippen LogP contribution in [0.3, 0.4) is 0 Å². The van der Waals surface area contributed by atoms with Gasteiger partial charge < -0.3 is 15.2 Å². The van der Waals surface area contributed by atoms with Crippen LogP contribution in [0.25, 0.3) is 6.08 Å². The molecule has 0 saturated heterocycles. The Morgan fingerprint density at radius 3 is 2.48 bits per heavy atom. The minimum Gasteiger partial charge on any atom is -0.490 e. The van der Waals surface area contributed by atoms with Crippen LogP contribution in [0.4, 0.5) is 5.69 Å². The number of nitrogens with two attached hydrogens (primary N) is 1. The summed E-state index contributed by atoms with van der Waals surface area (Å²) in [6.45, 7) is 2.24. The minimum atomic E-state index is -0.978. The van der Waals surface area contributed by atoms with Gasteiger partial charge in [0.25, 0.3) is 11.6 Å². The van der Waals surface area contributed by atoms with Crippen LogP contribution in [0.2, 0.25) is 0 Å². The molecule has 27 heavy (non-hydrogen) atoms. The Balaban J connectivity index is 2.48. The average Bonchev–Trinajstić information content (AvgIpc) is 2.65. The number of nitrogens with zero attached hydrogens (tertiary/aromatic N) is 2. The number of nitro groups is 1. The van der Waals surface area contributed by atoms with Crippen LogP contribution in [-0.2, 0) is 11.4 Å². The zero-order valence-electron chi connectivity index (χ0n) is 14.5. The first-order valence-electron chi connectivity index (χ1n) is 7.99. The van der Waals surface area contributed by atoms with Gasteiger partial charge in [0.05, 0.1) is 23.2 Å². The van der Waals surface area contributed by atoms with Crippen LogP contribution in [-0.4, -0.2) is 17.4 Å². The number of hydrogen-bond acceptors (Lipinski definition) is 6. The second-order valence-corrected chi connectivity index (χ2v) is 5.36. The number of benzene rings is 2. The van der Waals surface area contributed by atoms with E-state index in [9.17, 15) is 14.9 Å². The van der Waals surface area contributed by atoms with Gasteiger partial charge >= 0.3 is 0 Å². The van der Waals surface area contributed by atoms with Crippen molar-refractivity contribution in [1.29, 1.82) is 5.26 Å². The summed E-state index contributed by atoms with van der Waals surface area (Å²) in [5.41, 5.74) is 5.26. The van der Waals surface area contributed by atoms with Gasteiger partial charge in [-0.15, -0.1) is 0 Å². The highest BCUT2D eigenvalue weighted by atomic mass is 16.6. The topological polar surface area (TPSA) is 128 Å². The first kappa shape index (κ1) is 19.5. The number of ether oxygens (including phenoxy) is 2. The average molecular weight is 367 g/mol. The SMILES string of the molecule is CCOc1cc(/C=C(\C#N)C(N)=O)c([N+](=O)[O-])cc1OCc1ccccc1. The van der Waals surface area contributed by atoms with Crippen LogP contribution < -0.4 is 15.2 Å². The third-order valence-electron chi connectivity index (χ3n) is 3.51. The maximum atomic E-state index is 11.4. The zero-order valence-corrected chi connectivity index (χ0v) is 14.5. The summed E-state index contributed by atoms with van der Waals surface area (Å²) in [5.74, 6) is -0.539. The van der Waals surface area contributed by atoms with Crippen molar-refractivity contribution < 1.29 is 19.2 Å². The molecule has 0 bridgehead atoms. The van der Waals surface area contributed by atoms with Gasteiger partial charge in [-0.05, 0) is 24.6 Å². The number of rotatable bonds is 8. The lowest BCUT2D eigenvalue weighted by Crippen LogP contribution is -2.12. The molecule has 0 aliphatic heterocycles. The lowest BCUT2D eigenvalue weighted by atomic mass is 10.1. The summed E-state index contributed by atoms with van der Waals surface area (Å²) in [4.78, 5) is 22.1. The number of primary amides is 1. The summed E-state index contributed by atoms with van der Waals surface area (Å²) in [5, 5.41) is 20.4. The molecule has 2 aromatic rings. The molecule has 2 aromatic carbocycles. The molecule has 0 unspecified atom stereocenters. The fourth-order valence-electron chi connectivity index (χ4n) is 2.27. The van der Waals surface area contributed by atoms with Gasteiger partial charge in [-0.3, -0.25) is 14.9 Å². The first-order chi connectivity index (χ1) is 13.0. The van der Waals surface area contributed by atoms with Crippen molar-refractivity contribution in [2.45, 2.75) is 13.5 Å². The molecule has 2 rings (SSSR count). The number of nitriles is 1. The molecule has 0 fully saturated rings. The van der Waals surface area contributed by atoms with Gasteiger partial charge in [-0.1, -0.05) is 30.3 Å². The summed E-state index contributed by atoms with van der Waals surface area (Å²) in [7, 11) is 0. The predicted octanol–water partition coefficient (Wildman–Crippen LogP) is 2.96.